The van der Waals surface area contributed by atoms with E-state index in [4.69, 9.17) is 16.3 Å². The fraction of sp³-hybridized carbons (Fsp3) is 0.391. The monoisotopic (exact) mass is 1190 g/mol. The molecular formula is C64H69ClN10O9S. The molecule has 19 nitrogen and oxygen atoms in total. The summed E-state index contributed by atoms with van der Waals surface area (Å²) in [6.07, 6.45) is 11.2. The lowest BCUT2D eigenvalue weighted by Crippen LogP contribution is -2.52. The number of piperidine rings is 2. The van der Waals surface area contributed by atoms with E-state index in [0.717, 1.165) is 118 Å². The lowest BCUT2D eigenvalue weighted by Gasteiger charge is -2.39. The van der Waals surface area contributed by atoms with Crippen molar-refractivity contribution in [1.82, 2.24) is 34.7 Å². The minimum atomic E-state index is -4.64. The number of imide groups is 1. The Bertz CT molecular complexity index is 3790. The van der Waals surface area contributed by atoms with E-state index in [1.165, 1.54) is 39.9 Å². The number of nitro groups is 1. The Labute approximate surface area is 499 Å². The van der Waals surface area contributed by atoms with Crippen LogP contribution in [0.25, 0.3) is 16.6 Å². The first-order valence-corrected chi connectivity index (χ1v) is 31.1. The van der Waals surface area contributed by atoms with Gasteiger partial charge < -0.3 is 29.7 Å². The molecule has 0 radical (unpaired) electrons. The van der Waals surface area contributed by atoms with Gasteiger partial charge in [-0.2, -0.15) is 0 Å². The molecule has 21 heteroatoms. The highest BCUT2D eigenvalue weighted by Crippen LogP contribution is 2.44. The van der Waals surface area contributed by atoms with Crippen LogP contribution in [0.1, 0.15) is 115 Å². The third kappa shape index (κ3) is 13.7. The van der Waals surface area contributed by atoms with Crippen LogP contribution in [0, 0.1) is 33.3 Å². The Morgan fingerprint density at radius 2 is 1.76 bits per heavy atom. The summed E-state index contributed by atoms with van der Waals surface area (Å²) >= 11 is 6.27. The molecule has 4 aromatic carbocycles. The van der Waals surface area contributed by atoms with E-state index in [9.17, 15) is 37.7 Å². The molecule has 0 spiro atoms. The van der Waals surface area contributed by atoms with Crippen molar-refractivity contribution in [2.24, 2.45) is 11.3 Å². The minimum Gasteiger partial charge on any atom is -0.455 e. The predicted molar refractivity (Wildman–Crippen MR) is 326 cm³/mol. The maximum atomic E-state index is 14.2. The summed E-state index contributed by atoms with van der Waals surface area (Å²) in [5.74, 6) is 5.16. The van der Waals surface area contributed by atoms with Crippen LogP contribution in [0.3, 0.4) is 0 Å². The van der Waals surface area contributed by atoms with E-state index < -0.39 is 43.4 Å². The standard InChI is InChI=1S/C64H69ClN10O9S/c1-64(2)25-23-46(53(36-64)44-13-15-47(65)16-14-44)40-72-29-31-73(32-30-72)48-17-19-52(58(34-48)84-49-33-45-24-26-66-60(45)68-38-49)61(77)70-85(82,83)50-18-20-55(57(35-50)75(80)81)67-37-42-9-8-28-71(39-42)27-6-4-3-5-10-43-11-7-12-51-54(43)41-74(63(51)79)56-21-22-59(76)69-62(56)78/h7,11-20,24,26,33-35,38,42,56,67H,3-4,6,8-9,21-23,25,27-32,36-37,39-41H2,1-2H3,(H,66,68)(H,70,77)(H,69,76,78). The second kappa shape index (κ2) is 25.2. The number of aromatic amines is 1. The Balaban J connectivity index is 0.698. The van der Waals surface area contributed by atoms with Crippen molar-refractivity contribution < 1.29 is 37.3 Å². The number of halogens is 1. The van der Waals surface area contributed by atoms with Gasteiger partial charge in [-0.3, -0.25) is 39.5 Å². The zero-order valence-corrected chi connectivity index (χ0v) is 49.3. The third-order valence-corrected chi connectivity index (χ3v) is 18.6. The van der Waals surface area contributed by atoms with E-state index in [-0.39, 0.29) is 53.1 Å². The van der Waals surface area contributed by atoms with Gasteiger partial charge in [0.25, 0.3) is 27.5 Å². The molecule has 6 aromatic rings. The molecule has 2 unspecified atom stereocenters. The smallest absolute Gasteiger partial charge is 0.293 e. The molecule has 0 saturated carbocycles. The molecule has 1 aliphatic carbocycles. The summed E-state index contributed by atoms with van der Waals surface area (Å²) in [5, 5.41) is 19.6. The Morgan fingerprint density at radius 3 is 2.56 bits per heavy atom. The number of carbonyl (C=O) groups excluding carboxylic acids is 4. The molecule has 4 aliphatic heterocycles. The second-order valence-corrected chi connectivity index (χ2v) is 25.7. The average Bonchev–Trinajstić information content (AvgIpc) is 3.30. The molecule has 11 rings (SSSR count). The molecule has 2 aromatic heterocycles. The van der Waals surface area contributed by atoms with Gasteiger partial charge in [0.05, 0.1) is 21.6 Å². The van der Waals surface area contributed by atoms with Crippen LogP contribution in [0.2, 0.25) is 5.02 Å². The number of nitrogens with one attached hydrogen (secondary N) is 4. The van der Waals surface area contributed by atoms with Gasteiger partial charge in [-0.05, 0) is 153 Å². The third-order valence-electron chi connectivity index (χ3n) is 17.1. The number of sulfonamides is 1. The quantitative estimate of drug-likeness (QED) is 0.0206. The Hall–Kier alpha value is -8.09. The number of nitrogens with zero attached hydrogens (tertiary/aromatic N) is 6. The zero-order chi connectivity index (χ0) is 59.4. The number of ether oxygens (including phenoxy) is 1. The van der Waals surface area contributed by atoms with E-state index in [0.29, 0.717) is 49.4 Å². The number of amides is 4. The number of likely N-dealkylation sites (tertiary alicyclic amines) is 1. The summed E-state index contributed by atoms with van der Waals surface area (Å²) in [6, 6.07) is 25.2. The van der Waals surface area contributed by atoms with Gasteiger partial charge in [0, 0.05) is 111 Å². The number of hydrogen-bond acceptors (Lipinski definition) is 14. The molecule has 0 bridgehead atoms. The first kappa shape index (κ1) is 58.7. The van der Waals surface area contributed by atoms with Crippen LogP contribution in [-0.2, 0) is 26.2 Å². The van der Waals surface area contributed by atoms with Crippen LogP contribution in [0.15, 0.2) is 114 Å². The van der Waals surface area contributed by atoms with Crippen LogP contribution < -0.4 is 25.0 Å². The van der Waals surface area contributed by atoms with E-state index in [2.05, 4.69) is 77.8 Å². The number of anilines is 2. The Kier molecular flexibility index (Phi) is 17.4. The normalized spacial score (nSPS) is 19.3. The fourth-order valence-electron chi connectivity index (χ4n) is 12.4. The van der Waals surface area contributed by atoms with Crippen LogP contribution in [-0.4, -0.2) is 127 Å². The number of hydrogen-bond donors (Lipinski definition) is 4. The minimum absolute atomic E-state index is 0.0571. The van der Waals surface area contributed by atoms with Gasteiger partial charge in [0.1, 0.15) is 28.9 Å². The molecule has 85 heavy (non-hydrogen) atoms. The van der Waals surface area contributed by atoms with Crippen molar-refractivity contribution in [3.63, 3.8) is 0 Å². The van der Waals surface area contributed by atoms with Gasteiger partial charge in [-0.25, -0.2) is 18.1 Å². The number of rotatable bonds is 18. The van der Waals surface area contributed by atoms with E-state index in [1.807, 2.05) is 24.3 Å². The van der Waals surface area contributed by atoms with Crippen molar-refractivity contribution in [1.29, 1.82) is 0 Å². The number of aromatic nitrogens is 2. The van der Waals surface area contributed by atoms with Gasteiger partial charge in [-0.15, -0.1) is 0 Å². The van der Waals surface area contributed by atoms with Gasteiger partial charge in [0.15, 0.2) is 0 Å². The average molecular weight is 1190 g/mol. The first-order valence-electron chi connectivity index (χ1n) is 29.2. The molecule has 2 atom stereocenters. The molecule has 442 valence electrons. The Morgan fingerprint density at radius 1 is 0.941 bits per heavy atom. The summed E-state index contributed by atoms with van der Waals surface area (Å²) in [4.78, 5) is 79.2. The van der Waals surface area contributed by atoms with Gasteiger partial charge >= 0.3 is 0 Å². The topological polar surface area (TPSA) is 233 Å². The SMILES string of the molecule is CC1(C)CCC(CN2CCN(c3ccc(C(=O)NS(=O)(=O)c4ccc(NCC5CCCN(CCCCC#Cc6cccc7c6CN(C6CCC(=O)NC6=O)C7=O)C5)c([N+](=O)[O-])c4)c(Oc4cnc5[nH]ccc5c4)c3)CC2)=C(c2ccc(Cl)cc2)C1. The lowest BCUT2D eigenvalue weighted by atomic mass is 9.72. The summed E-state index contributed by atoms with van der Waals surface area (Å²) < 4.78 is 36.5. The van der Waals surface area contributed by atoms with Crippen molar-refractivity contribution in [3.05, 3.63) is 152 Å². The summed E-state index contributed by atoms with van der Waals surface area (Å²) in [7, 11) is -4.64. The van der Waals surface area contributed by atoms with E-state index >= 15 is 0 Å². The van der Waals surface area contributed by atoms with Crippen LogP contribution in [0.5, 0.6) is 11.5 Å². The maximum absolute atomic E-state index is 14.2. The zero-order valence-electron chi connectivity index (χ0n) is 47.8. The molecular weight excluding hydrogens is 1120 g/mol. The van der Waals surface area contributed by atoms with Gasteiger partial charge in [-0.1, -0.05) is 61.1 Å². The second-order valence-electron chi connectivity index (χ2n) is 23.6. The van der Waals surface area contributed by atoms with Crippen molar-refractivity contribution in [2.45, 2.75) is 95.5 Å². The van der Waals surface area contributed by atoms with Crippen LogP contribution in [0.4, 0.5) is 17.1 Å². The van der Waals surface area contributed by atoms with Gasteiger partial charge in [0.2, 0.25) is 11.8 Å². The molecule has 3 saturated heterocycles. The van der Waals surface area contributed by atoms with Crippen molar-refractivity contribution in [3.8, 4) is 23.3 Å². The number of allylic oxidation sites excluding steroid dienone is 1. The van der Waals surface area contributed by atoms with E-state index in [1.54, 1.807) is 42.6 Å². The van der Waals surface area contributed by atoms with Crippen molar-refractivity contribution >= 4 is 78.9 Å². The largest absolute Gasteiger partial charge is 0.455 e. The number of nitro benzene ring substituents is 1. The highest BCUT2D eigenvalue weighted by atomic mass is 35.5. The number of H-pyrrole nitrogens is 1. The number of carbonyl (C=O) groups is 4. The summed E-state index contributed by atoms with van der Waals surface area (Å²) in [6.45, 7) is 11.8. The van der Waals surface area contributed by atoms with Crippen LogP contribution >= 0.6 is 11.6 Å². The molecule has 4 N–H and O–H groups in total. The number of fused-ring (bicyclic) bond motifs is 2. The number of benzene rings is 4. The first-order chi connectivity index (χ1) is 40.9. The number of unbranched alkanes of at least 4 members (excludes halogenated alkanes) is 2. The molecule has 5 aliphatic rings. The summed E-state index contributed by atoms with van der Waals surface area (Å²) in [5.41, 5.74) is 7.47. The fourth-order valence-corrected chi connectivity index (χ4v) is 13.5. The van der Waals surface area contributed by atoms with Crippen molar-refractivity contribution in [2.75, 3.05) is 69.1 Å². The lowest BCUT2D eigenvalue weighted by molar-refractivity contribution is -0.384. The number of pyridine rings is 1. The predicted octanol–water partition coefficient (Wildman–Crippen LogP) is 9.93. The highest BCUT2D eigenvalue weighted by Gasteiger charge is 2.40. The molecule has 6 heterocycles. The number of piperazine rings is 1. The maximum Gasteiger partial charge on any atom is 0.293 e. The highest BCUT2D eigenvalue weighted by molar-refractivity contribution is 7.90. The molecule has 4 amide bonds. The molecule has 3 fully saturated rings.